The first-order valence-electron chi connectivity index (χ1n) is 8.81. The molecule has 1 atom stereocenters. The quantitative estimate of drug-likeness (QED) is 0.285. The molecule has 0 aliphatic rings. The second-order valence-corrected chi connectivity index (χ2v) is 8.49. The van der Waals surface area contributed by atoms with Gasteiger partial charge in [0.05, 0.1) is 4.88 Å². The first-order valence-corrected chi connectivity index (χ1v) is 10.6. The van der Waals surface area contributed by atoms with Crippen LogP contribution >= 0.6 is 23.1 Å². The second-order valence-electron chi connectivity index (χ2n) is 6.49. The van der Waals surface area contributed by atoms with Gasteiger partial charge in [-0.3, -0.25) is 4.79 Å². The summed E-state index contributed by atoms with van der Waals surface area (Å²) in [5.74, 6) is 0.493. The first-order chi connectivity index (χ1) is 13.6. The maximum Gasteiger partial charge on any atom is 0.277 e. The van der Waals surface area contributed by atoms with E-state index in [1.165, 1.54) is 23.1 Å². The molecule has 0 saturated carbocycles. The minimum Gasteiger partial charge on any atom is -0.410 e. The van der Waals surface area contributed by atoms with E-state index in [0.29, 0.717) is 16.7 Å². The zero-order valence-electron chi connectivity index (χ0n) is 15.5. The molecule has 140 valence electrons. The molecular weight excluding hydrogens is 388 g/mol. The van der Waals surface area contributed by atoms with Crippen molar-refractivity contribution in [2.75, 3.05) is 0 Å². The summed E-state index contributed by atoms with van der Waals surface area (Å²) in [6.07, 6.45) is 0. The maximum absolute atomic E-state index is 13.3. The number of nitrogens with zero attached hydrogens (tertiary/aromatic N) is 2. The Labute approximate surface area is 171 Å². The van der Waals surface area contributed by atoms with E-state index in [4.69, 9.17) is 4.42 Å². The van der Waals surface area contributed by atoms with Crippen molar-refractivity contribution in [3.63, 3.8) is 0 Å². The summed E-state index contributed by atoms with van der Waals surface area (Å²) in [4.78, 5) is 14.2. The van der Waals surface area contributed by atoms with Crippen LogP contribution in [0.15, 0.2) is 75.7 Å². The van der Waals surface area contributed by atoms with Gasteiger partial charge in [0.25, 0.3) is 11.1 Å². The van der Waals surface area contributed by atoms with Gasteiger partial charge in [-0.05, 0) is 42.6 Å². The number of hydrogen-bond donors (Lipinski definition) is 0. The molecule has 0 radical (unpaired) electrons. The third-order valence-corrected chi connectivity index (χ3v) is 6.26. The van der Waals surface area contributed by atoms with Gasteiger partial charge in [0, 0.05) is 5.56 Å². The number of hydrogen-bond acceptors (Lipinski definition) is 6. The number of aryl methyl sites for hydroxylation is 2. The molecule has 0 fully saturated rings. The normalized spacial score (nSPS) is 12.1. The van der Waals surface area contributed by atoms with Crippen molar-refractivity contribution in [3.8, 4) is 10.8 Å². The number of thioether (sulfide) groups is 1. The number of carbonyl (C=O) groups is 1. The molecule has 2 aromatic heterocycles. The van der Waals surface area contributed by atoms with Crippen molar-refractivity contribution in [3.05, 3.63) is 88.3 Å². The average molecular weight is 407 g/mol. The second kappa shape index (κ2) is 8.12. The fourth-order valence-electron chi connectivity index (χ4n) is 2.74. The highest BCUT2D eigenvalue weighted by Gasteiger charge is 2.26. The van der Waals surface area contributed by atoms with Crippen LogP contribution < -0.4 is 0 Å². The van der Waals surface area contributed by atoms with Crippen LogP contribution in [0.5, 0.6) is 0 Å². The van der Waals surface area contributed by atoms with Crippen molar-refractivity contribution < 1.29 is 9.21 Å². The summed E-state index contributed by atoms with van der Waals surface area (Å²) in [5, 5.41) is 10.2. The Morgan fingerprint density at radius 1 is 0.964 bits per heavy atom. The van der Waals surface area contributed by atoms with Crippen LogP contribution in [0.1, 0.15) is 32.3 Å². The highest BCUT2D eigenvalue weighted by molar-refractivity contribution is 8.00. The predicted octanol–water partition coefficient (Wildman–Crippen LogP) is 6.13. The van der Waals surface area contributed by atoms with Gasteiger partial charge in [-0.25, -0.2) is 0 Å². The van der Waals surface area contributed by atoms with E-state index in [-0.39, 0.29) is 5.78 Å². The van der Waals surface area contributed by atoms with Gasteiger partial charge in [0.2, 0.25) is 0 Å². The number of Topliss-reactive ketones (excluding diaryl/α,β-unsaturated/α-hetero) is 1. The summed E-state index contributed by atoms with van der Waals surface area (Å²) >= 11 is 2.83. The van der Waals surface area contributed by atoms with Crippen LogP contribution in [-0.4, -0.2) is 16.0 Å². The van der Waals surface area contributed by atoms with Gasteiger partial charge in [-0.2, -0.15) is 0 Å². The highest BCUT2D eigenvalue weighted by atomic mass is 32.2. The van der Waals surface area contributed by atoms with Gasteiger partial charge in [0.1, 0.15) is 5.25 Å². The zero-order chi connectivity index (χ0) is 19.5. The van der Waals surface area contributed by atoms with E-state index in [2.05, 4.69) is 10.2 Å². The number of rotatable bonds is 6. The fourth-order valence-corrected chi connectivity index (χ4v) is 4.34. The molecule has 2 heterocycles. The van der Waals surface area contributed by atoms with Crippen molar-refractivity contribution in [1.82, 2.24) is 10.2 Å². The van der Waals surface area contributed by atoms with Gasteiger partial charge in [0.15, 0.2) is 5.78 Å². The molecule has 0 spiro atoms. The highest BCUT2D eigenvalue weighted by Crippen LogP contribution is 2.38. The molecule has 2 aromatic carbocycles. The lowest BCUT2D eigenvalue weighted by atomic mass is 10.0. The molecule has 4 rings (SSSR count). The lowest BCUT2D eigenvalue weighted by Gasteiger charge is -2.14. The number of aromatic nitrogens is 2. The lowest BCUT2D eigenvalue weighted by Crippen LogP contribution is -2.10. The van der Waals surface area contributed by atoms with E-state index in [1.54, 1.807) is 0 Å². The predicted molar refractivity (Wildman–Crippen MR) is 113 cm³/mol. The average Bonchev–Trinajstić information content (AvgIpc) is 3.39. The van der Waals surface area contributed by atoms with E-state index in [9.17, 15) is 4.79 Å². The molecule has 0 aliphatic heterocycles. The zero-order valence-corrected chi connectivity index (χ0v) is 17.1. The Kier molecular flexibility index (Phi) is 5.41. The van der Waals surface area contributed by atoms with E-state index >= 15 is 0 Å². The lowest BCUT2D eigenvalue weighted by molar-refractivity contribution is 0.0989. The van der Waals surface area contributed by atoms with Crippen molar-refractivity contribution in [2.45, 2.75) is 24.3 Å². The van der Waals surface area contributed by atoms with Gasteiger partial charge < -0.3 is 4.42 Å². The minimum absolute atomic E-state index is 0.0183. The Balaban J connectivity index is 1.66. The largest absolute Gasteiger partial charge is 0.410 e. The Hall–Kier alpha value is -2.70. The summed E-state index contributed by atoms with van der Waals surface area (Å²) < 4.78 is 5.81. The molecular formula is C22H18N2O2S2. The van der Waals surface area contributed by atoms with Crippen molar-refractivity contribution >= 4 is 28.9 Å². The van der Waals surface area contributed by atoms with Crippen LogP contribution in [-0.2, 0) is 0 Å². The molecule has 0 unspecified atom stereocenters. The van der Waals surface area contributed by atoms with Crippen molar-refractivity contribution in [1.29, 1.82) is 0 Å². The molecule has 0 aliphatic carbocycles. The molecule has 4 nitrogen and oxygen atoms in total. The van der Waals surface area contributed by atoms with Gasteiger partial charge in [-0.15, -0.1) is 21.5 Å². The Morgan fingerprint density at radius 2 is 1.64 bits per heavy atom. The van der Waals surface area contributed by atoms with E-state index in [1.807, 2.05) is 79.9 Å². The number of benzene rings is 2. The van der Waals surface area contributed by atoms with Crippen LogP contribution in [0.3, 0.4) is 0 Å². The van der Waals surface area contributed by atoms with E-state index in [0.717, 1.165) is 21.6 Å². The van der Waals surface area contributed by atoms with Crippen LogP contribution in [0, 0.1) is 13.8 Å². The molecule has 28 heavy (non-hydrogen) atoms. The minimum atomic E-state index is -0.458. The monoisotopic (exact) mass is 406 g/mol. The third kappa shape index (κ3) is 4.08. The Bertz CT molecular complexity index is 1070. The standard InChI is InChI=1S/C22H18N2O2S2/c1-14-5-9-16(10-6-14)19(25)20(17-11-7-15(2)8-12-17)28-22-24-23-21(26-22)18-4-3-13-27-18/h3-13,20H,1-2H3/t20-/m0/s1. The topological polar surface area (TPSA) is 56.0 Å². The van der Waals surface area contributed by atoms with Gasteiger partial charge >= 0.3 is 0 Å². The molecule has 4 aromatic rings. The molecule has 0 bridgehead atoms. The Morgan fingerprint density at radius 3 is 2.29 bits per heavy atom. The molecule has 0 N–H and O–H groups in total. The van der Waals surface area contributed by atoms with Crippen LogP contribution in [0.2, 0.25) is 0 Å². The molecule has 6 heteroatoms. The summed E-state index contributed by atoms with van der Waals surface area (Å²) in [7, 11) is 0. The smallest absolute Gasteiger partial charge is 0.277 e. The van der Waals surface area contributed by atoms with Crippen LogP contribution in [0.25, 0.3) is 10.8 Å². The molecule has 0 saturated heterocycles. The summed E-state index contributed by atoms with van der Waals surface area (Å²) in [5.41, 5.74) is 3.85. The number of thiophene rings is 1. The van der Waals surface area contributed by atoms with Gasteiger partial charge in [-0.1, -0.05) is 65.7 Å². The fraction of sp³-hybridized carbons (Fsp3) is 0.136. The summed E-state index contributed by atoms with van der Waals surface area (Å²) in [6.45, 7) is 4.03. The maximum atomic E-state index is 13.3. The van der Waals surface area contributed by atoms with Crippen LogP contribution in [0.4, 0.5) is 0 Å². The SMILES string of the molecule is Cc1ccc(C(=O)[C@@H](Sc2nnc(-c3cccs3)o2)c2ccc(C)cc2)cc1. The first kappa shape index (κ1) is 18.7. The number of ketones is 1. The number of carbonyl (C=O) groups excluding carboxylic acids is 1. The third-order valence-electron chi connectivity index (χ3n) is 4.31. The molecule has 0 amide bonds. The van der Waals surface area contributed by atoms with Crippen molar-refractivity contribution in [2.24, 2.45) is 0 Å². The van der Waals surface area contributed by atoms with E-state index < -0.39 is 5.25 Å². The summed E-state index contributed by atoms with van der Waals surface area (Å²) in [6, 6.07) is 19.5.